The molecular weight excluding hydrogens is 316 g/mol. The van der Waals surface area contributed by atoms with Gasteiger partial charge in [0.25, 0.3) is 0 Å². The second kappa shape index (κ2) is 8.39. The van der Waals surface area contributed by atoms with Crippen LogP contribution >= 0.6 is 0 Å². The SMILES string of the molecule is CCCOC(CC)(c1cccc(CCc2ccc(C)c(C)c2)c1)C1CC1. The number of hydrogen-bond acceptors (Lipinski definition) is 1. The normalized spacial score (nSPS) is 16.5. The first-order valence-electron chi connectivity index (χ1n) is 10.4. The third-order valence-electron chi connectivity index (χ3n) is 6.02. The molecule has 0 aromatic heterocycles. The summed E-state index contributed by atoms with van der Waals surface area (Å²) in [6.45, 7) is 9.73. The minimum Gasteiger partial charge on any atom is -0.370 e. The summed E-state index contributed by atoms with van der Waals surface area (Å²) in [6.07, 6.45) is 6.96. The summed E-state index contributed by atoms with van der Waals surface area (Å²) < 4.78 is 6.48. The average molecular weight is 351 g/mol. The third kappa shape index (κ3) is 4.20. The van der Waals surface area contributed by atoms with Gasteiger partial charge in [0.1, 0.15) is 0 Å². The highest BCUT2D eigenvalue weighted by molar-refractivity contribution is 5.33. The van der Waals surface area contributed by atoms with Crippen molar-refractivity contribution in [1.82, 2.24) is 0 Å². The van der Waals surface area contributed by atoms with E-state index in [2.05, 4.69) is 70.2 Å². The van der Waals surface area contributed by atoms with Crippen LogP contribution in [0.2, 0.25) is 0 Å². The van der Waals surface area contributed by atoms with E-state index in [0.717, 1.165) is 32.3 Å². The van der Waals surface area contributed by atoms with Gasteiger partial charge in [-0.25, -0.2) is 0 Å². The second-order valence-corrected chi connectivity index (χ2v) is 7.98. The fourth-order valence-corrected chi connectivity index (χ4v) is 4.10. The van der Waals surface area contributed by atoms with Gasteiger partial charge < -0.3 is 4.74 Å². The molecule has 1 fully saturated rings. The van der Waals surface area contributed by atoms with Crippen molar-refractivity contribution < 1.29 is 4.74 Å². The Balaban J connectivity index is 1.77. The van der Waals surface area contributed by atoms with E-state index in [0.29, 0.717) is 5.92 Å². The van der Waals surface area contributed by atoms with E-state index in [-0.39, 0.29) is 5.60 Å². The Morgan fingerprint density at radius 3 is 2.27 bits per heavy atom. The predicted molar refractivity (Wildman–Crippen MR) is 111 cm³/mol. The van der Waals surface area contributed by atoms with E-state index in [1.54, 1.807) is 0 Å². The zero-order valence-corrected chi connectivity index (χ0v) is 17.0. The van der Waals surface area contributed by atoms with Crippen molar-refractivity contribution in [3.63, 3.8) is 0 Å². The number of hydrogen-bond donors (Lipinski definition) is 0. The van der Waals surface area contributed by atoms with Gasteiger partial charge in [-0.3, -0.25) is 0 Å². The lowest BCUT2D eigenvalue weighted by molar-refractivity contribution is -0.0711. The lowest BCUT2D eigenvalue weighted by Crippen LogP contribution is -2.32. The molecule has 3 rings (SSSR count). The predicted octanol–water partition coefficient (Wildman–Crippen LogP) is 6.53. The highest BCUT2D eigenvalue weighted by Gasteiger charge is 2.46. The Kier molecular flexibility index (Phi) is 6.19. The first kappa shape index (κ1) is 19.2. The number of rotatable bonds is 9. The van der Waals surface area contributed by atoms with Gasteiger partial charge in [0.05, 0.1) is 5.60 Å². The highest BCUT2D eigenvalue weighted by Crippen LogP contribution is 2.50. The zero-order valence-electron chi connectivity index (χ0n) is 17.0. The Labute approximate surface area is 159 Å². The van der Waals surface area contributed by atoms with Crippen molar-refractivity contribution in [2.45, 2.75) is 71.8 Å². The summed E-state index contributed by atoms with van der Waals surface area (Å²) in [4.78, 5) is 0. The van der Waals surface area contributed by atoms with Crippen LogP contribution in [0.5, 0.6) is 0 Å². The fourth-order valence-electron chi connectivity index (χ4n) is 4.10. The van der Waals surface area contributed by atoms with E-state index < -0.39 is 0 Å². The molecule has 1 atom stereocenters. The van der Waals surface area contributed by atoms with E-state index >= 15 is 0 Å². The lowest BCUT2D eigenvalue weighted by Gasteiger charge is -2.34. The van der Waals surface area contributed by atoms with Crippen LogP contribution in [-0.4, -0.2) is 6.61 Å². The summed E-state index contributed by atoms with van der Waals surface area (Å²) in [6, 6.07) is 16.1. The standard InChI is InChI=1S/C25H34O/c1-5-16-26-25(6-2,23-14-15-23)24-9-7-8-21(18-24)12-13-22-11-10-19(3)20(4)17-22/h7-11,17-18,23H,5-6,12-16H2,1-4H3. The number of ether oxygens (including phenoxy) is 1. The molecule has 0 bridgehead atoms. The van der Waals surface area contributed by atoms with Gasteiger partial charge in [0.2, 0.25) is 0 Å². The average Bonchev–Trinajstić information content (AvgIpc) is 3.50. The van der Waals surface area contributed by atoms with Gasteiger partial charge in [-0.1, -0.05) is 56.3 Å². The van der Waals surface area contributed by atoms with Crippen LogP contribution in [0, 0.1) is 19.8 Å². The first-order chi connectivity index (χ1) is 12.6. The summed E-state index contributed by atoms with van der Waals surface area (Å²) in [5, 5.41) is 0. The molecule has 0 radical (unpaired) electrons. The molecule has 1 aliphatic carbocycles. The Bertz CT molecular complexity index is 729. The molecule has 0 spiro atoms. The van der Waals surface area contributed by atoms with Gasteiger partial charge in [-0.05, 0) is 86.1 Å². The van der Waals surface area contributed by atoms with E-state index in [4.69, 9.17) is 4.74 Å². The molecule has 1 heteroatoms. The van der Waals surface area contributed by atoms with Gasteiger partial charge in [-0.2, -0.15) is 0 Å². The minimum absolute atomic E-state index is 0.0630. The van der Waals surface area contributed by atoms with E-state index in [9.17, 15) is 0 Å². The molecule has 1 unspecified atom stereocenters. The third-order valence-corrected chi connectivity index (χ3v) is 6.02. The number of benzene rings is 2. The smallest absolute Gasteiger partial charge is 0.0956 e. The van der Waals surface area contributed by atoms with Gasteiger partial charge >= 0.3 is 0 Å². The summed E-state index contributed by atoms with van der Waals surface area (Å²) in [5.41, 5.74) is 6.97. The van der Waals surface area contributed by atoms with Crippen LogP contribution in [0.1, 0.15) is 67.3 Å². The topological polar surface area (TPSA) is 9.23 Å². The molecule has 0 saturated heterocycles. The van der Waals surface area contributed by atoms with Crippen molar-refractivity contribution in [3.8, 4) is 0 Å². The van der Waals surface area contributed by atoms with Crippen molar-refractivity contribution in [2.24, 2.45) is 5.92 Å². The maximum atomic E-state index is 6.48. The Morgan fingerprint density at radius 1 is 0.923 bits per heavy atom. The van der Waals surface area contributed by atoms with Gasteiger partial charge in [0, 0.05) is 6.61 Å². The Hall–Kier alpha value is -1.60. The number of aryl methyl sites for hydroxylation is 4. The van der Waals surface area contributed by atoms with Crippen LogP contribution < -0.4 is 0 Å². The van der Waals surface area contributed by atoms with Crippen molar-refractivity contribution >= 4 is 0 Å². The molecular formula is C25H34O. The molecule has 2 aromatic rings. The van der Waals surface area contributed by atoms with Crippen molar-refractivity contribution in [3.05, 3.63) is 70.3 Å². The van der Waals surface area contributed by atoms with Crippen LogP contribution in [0.3, 0.4) is 0 Å². The second-order valence-electron chi connectivity index (χ2n) is 7.98. The molecule has 0 heterocycles. The molecule has 1 saturated carbocycles. The maximum Gasteiger partial charge on any atom is 0.0956 e. The molecule has 1 nitrogen and oxygen atoms in total. The molecule has 140 valence electrons. The van der Waals surface area contributed by atoms with Crippen molar-refractivity contribution in [2.75, 3.05) is 6.61 Å². The van der Waals surface area contributed by atoms with Crippen LogP contribution in [-0.2, 0) is 23.2 Å². The summed E-state index contributed by atoms with van der Waals surface area (Å²) in [7, 11) is 0. The zero-order chi connectivity index (χ0) is 18.6. The maximum absolute atomic E-state index is 6.48. The fraction of sp³-hybridized carbons (Fsp3) is 0.520. The molecule has 0 N–H and O–H groups in total. The molecule has 0 amide bonds. The summed E-state index contributed by atoms with van der Waals surface area (Å²) >= 11 is 0. The van der Waals surface area contributed by atoms with Gasteiger partial charge in [-0.15, -0.1) is 0 Å². The van der Waals surface area contributed by atoms with E-state index in [1.807, 2.05) is 0 Å². The van der Waals surface area contributed by atoms with Crippen molar-refractivity contribution in [1.29, 1.82) is 0 Å². The lowest BCUT2D eigenvalue weighted by atomic mass is 9.84. The Morgan fingerprint density at radius 2 is 1.65 bits per heavy atom. The molecule has 0 aliphatic heterocycles. The highest BCUT2D eigenvalue weighted by atomic mass is 16.5. The van der Waals surface area contributed by atoms with E-state index in [1.165, 1.54) is 40.7 Å². The molecule has 1 aliphatic rings. The van der Waals surface area contributed by atoms with Crippen LogP contribution in [0.4, 0.5) is 0 Å². The largest absolute Gasteiger partial charge is 0.370 e. The van der Waals surface area contributed by atoms with Crippen LogP contribution in [0.25, 0.3) is 0 Å². The molecule has 2 aromatic carbocycles. The molecule has 26 heavy (non-hydrogen) atoms. The quantitative estimate of drug-likeness (QED) is 0.499. The summed E-state index contributed by atoms with van der Waals surface area (Å²) in [5.74, 6) is 0.703. The van der Waals surface area contributed by atoms with Crippen LogP contribution in [0.15, 0.2) is 42.5 Å². The minimum atomic E-state index is -0.0630. The van der Waals surface area contributed by atoms with Gasteiger partial charge in [0.15, 0.2) is 0 Å². The monoisotopic (exact) mass is 350 g/mol. The first-order valence-corrected chi connectivity index (χ1v) is 10.4.